The average Bonchev–Trinajstić information content (AvgIpc) is 3.17. The van der Waals surface area contributed by atoms with E-state index in [-0.39, 0.29) is 35.8 Å². The van der Waals surface area contributed by atoms with Gasteiger partial charge >= 0.3 is 0 Å². The number of nitrogens with zero attached hydrogens (tertiary/aromatic N) is 2. The molecule has 1 aromatic carbocycles. The van der Waals surface area contributed by atoms with Gasteiger partial charge in [0, 0.05) is 13.1 Å². The van der Waals surface area contributed by atoms with Crippen LogP contribution in [-0.2, 0) is 0 Å². The van der Waals surface area contributed by atoms with Crippen molar-refractivity contribution in [3.05, 3.63) is 35.6 Å². The van der Waals surface area contributed by atoms with Gasteiger partial charge in [0.25, 0.3) is 0 Å². The molecule has 0 amide bonds. The van der Waals surface area contributed by atoms with Crippen LogP contribution in [0.5, 0.6) is 0 Å². The zero-order valence-electron chi connectivity index (χ0n) is 11.6. The lowest BCUT2D eigenvalue weighted by Crippen LogP contribution is -2.38. The van der Waals surface area contributed by atoms with Crippen molar-refractivity contribution < 1.29 is 4.39 Å². The Balaban J connectivity index is 0.00000147. The molecular formula is C15H21FIN3. The van der Waals surface area contributed by atoms with Crippen LogP contribution in [0.3, 0.4) is 0 Å². The normalized spacial score (nSPS) is 25.6. The van der Waals surface area contributed by atoms with Gasteiger partial charge in [0.05, 0.1) is 6.04 Å². The van der Waals surface area contributed by atoms with Crippen LogP contribution >= 0.6 is 24.0 Å². The molecule has 1 aromatic rings. The first-order chi connectivity index (χ1) is 9.15. The van der Waals surface area contributed by atoms with Gasteiger partial charge in [-0.1, -0.05) is 18.2 Å². The first kappa shape index (κ1) is 15.5. The Hall–Kier alpha value is -0.850. The molecule has 2 N–H and O–H groups in total. The predicted octanol–water partition coefficient (Wildman–Crippen LogP) is 3.10. The van der Waals surface area contributed by atoms with Gasteiger partial charge in [-0.3, -0.25) is 0 Å². The molecule has 0 aromatic heterocycles. The summed E-state index contributed by atoms with van der Waals surface area (Å²) in [6.07, 6.45) is 4.24. The van der Waals surface area contributed by atoms with E-state index in [1.165, 1.54) is 18.9 Å². The molecule has 2 aliphatic carbocycles. The van der Waals surface area contributed by atoms with Crippen molar-refractivity contribution in [2.24, 2.45) is 10.7 Å². The summed E-state index contributed by atoms with van der Waals surface area (Å²) in [6, 6.07) is 7.87. The lowest BCUT2D eigenvalue weighted by molar-refractivity contribution is 0.339. The Morgan fingerprint density at radius 1 is 1.30 bits per heavy atom. The third-order valence-corrected chi connectivity index (χ3v) is 4.23. The SMILES string of the molecule is CN(C(N)=NC1CC(c2ccccc2F)C1)C1CC1.I. The van der Waals surface area contributed by atoms with Gasteiger partial charge in [-0.25, -0.2) is 9.38 Å². The maximum atomic E-state index is 13.6. The Bertz CT molecular complexity index is 496. The summed E-state index contributed by atoms with van der Waals surface area (Å²) in [7, 11) is 2.00. The fraction of sp³-hybridized carbons (Fsp3) is 0.533. The highest BCUT2D eigenvalue weighted by atomic mass is 127. The third-order valence-electron chi connectivity index (χ3n) is 4.23. The van der Waals surface area contributed by atoms with Crippen LogP contribution in [-0.4, -0.2) is 30.0 Å². The van der Waals surface area contributed by atoms with E-state index in [4.69, 9.17) is 5.73 Å². The molecule has 0 unspecified atom stereocenters. The Morgan fingerprint density at radius 2 is 1.95 bits per heavy atom. The van der Waals surface area contributed by atoms with E-state index in [9.17, 15) is 4.39 Å². The first-order valence-electron chi connectivity index (χ1n) is 6.95. The van der Waals surface area contributed by atoms with E-state index in [0.29, 0.717) is 17.9 Å². The predicted molar refractivity (Wildman–Crippen MR) is 90.0 cm³/mol. The second kappa shape index (κ2) is 6.28. The van der Waals surface area contributed by atoms with Crippen LogP contribution in [0.25, 0.3) is 0 Å². The molecule has 2 fully saturated rings. The van der Waals surface area contributed by atoms with Crippen molar-refractivity contribution >= 4 is 29.9 Å². The molecule has 0 bridgehead atoms. The largest absolute Gasteiger partial charge is 0.370 e. The van der Waals surface area contributed by atoms with Crippen LogP contribution in [0, 0.1) is 5.82 Å². The number of halogens is 2. The average molecular weight is 389 g/mol. The van der Waals surface area contributed by atoms with E-state index in [1.807, 2.05) is 19.2 Å². The molecule has 0 heterocycles. The molecule has 0 atom stereocenters. The molecule has 20 heavy (non-hydrogen) atoms. The quantitative estimate of drug-likeness (QED) is 0.491. The number of nitrogens with two attached hydrogens (primary N) is 1. The molecular weight excluding hydrogens is 368 g/mol. The Morgan fingerprint density at radius 3 is 2.55 bits per heavy atom. The maximum Gasteiger partial charge on any atom is 0.191 e. The highest BCUT2D eigenvalue weighted by molar-refractivity contribution is 14.0. The van der Waals surface area contributed by atoms with Crippen LogP contribution < -0.4 is 5.73 Å². The van der Waals surface area contributed by atoms with Gasteiger partial charge in [0.1, 0.15) is 5.82 Å². The molecule has 0 saturated heterocycles. The van der Waals surface area contributed by atoms with Gasteiger partial charge < -0.3 is 10.6 Å². The smallest absolute Gasteiger partial charge is 0.191 e. The van der Waals surface area contributed by atoms with Crippen molar-refractivity contribution in [1.29, 1.82) is 0 Å². The molecule has 3 rings (SSSR count). The molecule has 3 nitrogen and oxygen atoms in total. The van der Waals surface area contributed by atoms with Crippen molar-refractivity contribution in [2.75, 3.05) is 7.05 Å². The first-order valence-corrected chi connectivity index (χ1v) is 6.95. The fourth-order valence-corrected chi connectivity index (χ4v) is 2.68. The van der Waals surface area contributed by atoms with E-state index >= 15 is 0 Å². The van der Waals surface area contributed by atoms with Crippen molar-refractivity contribution in [3.8, 4) is 0 Å². The molecule has 5 heteroatoms. The molecule has 0 aliphatic heterocycles. The third kappa shape index (κ3) is 3.24. The fourth-order valence-electron chi connectivity index (χ4n) is 2.68. The van der Waals surface area contributed by atoms with Gasteiger partial charge in [0.15, 0.2) is 5.96 Å². The second-order valence-electron chi connectivity index (χ2n) is 5.67. The Kier molecular flexibility index (Phi) is 4.88. The molecule has 2 saturated carbocycles. The van der Waals surface area contributed by atoms with Crippen LogP contribution in [0.1, 0.15) is 37.2 Å². The molecule has 0 spiro atoms. The second-order valence-corrected chi connectivity index (χ2v) is 5.67. The summed E-state index contributed by atoms with van der Waals surface area (Å²) >= 11 is 0. The Labute approximate surface area is 136 Å². The monoisotopic (exact) mass is 389 g/mol. The maximum absolute atomic E-state index is 13.6. The molecule has 110 valence electrons. The van der Waals surface area contributed by atoms with Crippen molar-refractivity contribution in [2.45, 2.75) is 43.7 Å². The number of hydrogen-bond donors (Lipinski definition) is 1. The number of rotatable bonds is 3. The van der Waals surface area contributed by atoms with E-state index in [1.54, 1.807) is 6.07 Å². The summed E-state index contributed by atoms with van der Waals surface area (Å²) in [5.41, 5.74) is 6.81. The zero-order valence-corrected chi connectivity index (χ0v) is 14.0. The number of hydrogen-bond acceptors (Lipinski definition) is 1. The van der Waals surface area contributed by atoms with Gasteiger partial charge in [-0.2, -0.15) is 0 Å². The minimum absolute atomic E-state index is 0. The van der Waals surface area contributed by atoms with Crippen LogP contribution in [0.15, 0.2) is 29.3 Å². The summed E-state index contributed by atoms with van der Waals surface area (Å²) in [6.45, 7) is 0. The van der Waals surface area contributed by atoms with E-state index in [0.717, 1.165) is 18.4 Å². The lowest BCUT2D eigenvalue weighted by atomic mass is 9.76. The highest BCUT2D eigenvalue weighted by Gasteiger charge is 2.33. The van der Waals surface area contributed by atoms with Crippen LogP contribution in [0.2, 0.25) is 0 Å². The number of benzene rings is 1. The highest BCUT2D eigenvalue weighted by Crippen LogP contribution is 2.40. The number of aliphatic imine (C=N–C) groups is 1. The standard InChI is InChI=1S/C15H20FN3.HI/c1-19(12-6-7-12)15(17)18-11-8-10(9-11)13-4-2-3-5-14(13)16;/h2-5,10-12H,6-9H2,1H3,(H2,17,18);1H. The lowest BCUT2D eigenvalue weighted by Gasteiger charge is -2.34. The molecule has 2 aliphatic rings. The van der Waals surface area contributed by atoms with Gasteiger partial charge in [-0.05, 0) is 43.2 Å². The summed E-state index contributed by atoms with van der Waals surface area (Å²) in [5.74, 6) is 0.839. The number of guanidine groups is 1. The van der Waals surface area contributed by atoms with Crippen LogP contribution in [0.4, 0.5) is 4.39 Å². The summed E-state index contributed by atoms with van der Waals surface area (Å²) in [4.78, 5) is 6.61. The van der Waals surface area contributed by atoms with Crippen molar-refractivity contribution in [1.82, 2.24) is 4.90 Å². The molecule has 0 radical (unpaired) electrons. The van der Waals surface area contributed by atoms with E-state index < -0.39 is 0 Å². The van der Waals surface area contributed by atoms with E-state index in [2.05, 4.69) is 9.89 Å². The van der Waals surface area contributed by atoms with Crippen molar-refractivity contribution in [3.63, 3.8) is 0 Å². The minimum atomic E-state index is -0.0991. The topological polar surface area (TPSA) is 41.6 Å². The minimum Gasteiger partial charge on any atom is -0.370 e. The zero-order chi connectivity index (χ0) is 13.4. The summed E-state index contributed by atoms with van der Waals surface area (Å²) in [5, 5.41) is 0. The van der Waals surface area contributed by atoms with Gasteiger partial charge in [0.2, 0.25) is 0 Å². The summed E-state index contributed by atoms with van der Waals surface area (Å²) < 4.78 is 13.6. The van der Waals surface area contributed by atoms with Gasteiger partial charge in [-0.15, -0.1) is 24.0 Å².